The molecule has 0 N–H and O–H groups in total. The molecule has 1 aromatic rings. The maximum Gasteiger partial charge on any atom is 0.232 e. The molecule has 2 rings (SSSR count). The average Bonchev–Trinajstić information content (AvgIpc) is 3.06. The Kier molecular flexibility index (Phi) is 4.00. The van der Waals surface area contributed by atoms with Crippen LogP contribution in [-0.2, 0) is 0 Å². The van der Waals surface area contributed by atoms with Crippen LogP contribution in [0.15, 0.2) is 10.7 Å². The second kappa shape index (κ2) is 5.29. The summed E-state index contributed by atoms with van der Waals surface area (Å²) in [6.45, 7) is 1.51. The van der Waals surface area contributed by atoms with E-state index < -0.39 is 0 Å². The van der Waals surface area contributed by atoms with Gasteiger partial charge in [0, 0.05) is 18.8 Å². The smallest absolute Gasteiger partial charge is 0.232 e. The summed E-state index contributed by atoms with van der Waals surface area (Å²) in [6.07, 6.45) is 4.20. The van der Waals surface area contributed by atoms with Crippen molar-refractivity contribution in [3.05, 3.63) is 16.0 Å². The SMILES string of the molecule is CN(CCOc1nc(Cl)ncc1Br)C1CC1. The van der Waals surface area contributed by atoms with E-state index in [2.05, 4.69) is 37.8 Å². The van der Waals surface area contributed by atoms with E-state index in [-0.39, 0.29) is 5.28 Å². The summed E-state index contributed by atoms with van der Waals surface area (Å²) in [5, 5.41) is 0.203. The molecule has 0 bridgehead atoms. The lowest BCUT2D eigenvalue weighted by Crippen LogP contribution is -2.26. The maximum absolute atomic E-state index is 5.69. The average molecular weight is 307 g/mol. The van der Waals surface area contributed by atoms with Crippen LogP contribution in [0.1, 0.15) is 12.8 Å². The van der Waals surface area contributed by atoms with Crippen molar-refractivity contribution >= 4 is 27.5 Å². The van der Waals surface area contributed by atoms with Crippen molar-refractivity contribution < 1.29 is 4.74 Å². The molecule has 0 aromatic carbocycles. The van der Waals surface area contributed by atoms with Gasteiger partial charge in [-0.15, -0.1) is 0 Å². The van der Waals surface area contributed by atoms with Gasteiger partial charge in [0.1, 0.15) is 6.61 Å². The first-order valence-electron chi connectivity index (χ1n) is 5.18. The Morgan fingerprint density at radius 3 is 3.06 bits per heavy atom. The predicted molar refractivity (Wildman–Crippen MR) is 65.9 cm³/mol. The van der Waals surface area contributed by atoms with Gasteiger partial charge in [-0.3, -0.25) is 0 Å². The summed E-state index contributed by atoms with van der Waals surface area (Å²) < 4.78 is 6.27. The minimum absolute atomic E-state index is 0.203. The highest BCUT2D eigenvalue weighted by molar-refractivity contribution is 9.10. The van der Waals surface area contributed by atoms with Gasteiger partial charge in [0.2, 0.25) is 11.2 Å². The number of nitrogens with zero attached hydrogens (tertiary/aromatic N) is 3. The van der Waals surface area contributed by atoms with Crippen LogP contribution in [-0.4, -0.2) is 41.1 Å². The largest absolute Gasteiger partial charge is 0.475 e. The highest BCUT2D eigenvalue weighted by atomic mass is 79.9. The van der Waals surface area contributed by atoms with Gasteiger partial charge in [-0.1, -0.05) is 0 Å². The number of hydrogen-bond donors (Lipinski definition) is 0. The molecule has 1 aliphatic rings. The Bertz CT molecular complexity index is 373. The number of ether oxygens (including phenoxy) is 1. The van der Waals surface area contributed by atoms with E-state index in [1.165, 1.54) is 12.8 Å². The van der Waals surface area contributed by atoms with Crippen LogP contribution in [0.4, 0.5) is 0 Å². The minimum Gasteiger partial charge on any atom is -0.475 e. The fourth-order valence-electron chi connectivity index (χ4n) is 1.42. The molecule has 1 saturated carbocycles. The summed E-state index contributed by atoms with van der Waals surface area (Å²) >= 11 is 9.00. The third kappa shape index (κ3) is 3.30. The molecule has 0 aliphatic heterocycles. The minimum atomic E-state index is 0.203. The van der Waals surface area contributed by atoms with Crippen molar-refractivity contribution in [2.45, 2.75) is 18.9 Å². The van der Waals surface area contributed by atoms with Crippen LogP contribution in [0, 0.1) is 0 Å². The van der Waals surface area contributed by atoms with Crippen LogP contribution in [0.3, 0.4) is 0 Å². The first kappa shape index (κ1) is 12.1. The molecule has 1 heterocycles. The maximum atomic E-state index is 5.69. The van der Waals surface area contributed by atoms with Crippen LogP contribution >= 0.6 is 27.5 Å². The molecule has 6 heteroatoms. The lowest BCUT2D eigenvalue weighted by atomic mass is 10.5. The number of hydrogen-bond acceptors (Lipinski definition) is 4. The van der Waals surface area contributed by atoms with Crippen LogP contribution in [0.25, 0.3) is 0 Å². The molecule has 0 radical (unpaired) electrons. The molecule has 1 aliphatic carbocycles. The zero-order chi connectivity index (χ0) is 11.5. The monoisotopic (exact) mass is 305 g/mol. The fourth-order valence-corrected chi connectivity index (χ4v) is 1.85. The lowest BCUT2D eigenvalue weighted by molar-refractivity contribution is 0.225. The van der Waals surface area contributed by atoms with E-state index in [1.807, 2.05) is 0 Å². The number of halogens is 2. The van der Waals surface area contributed by atoms with Gasteiger partial charge in [0.05, 0.1) is 4.47 Å². The zero-order valence-electron chi connectivity index (χ0n) is 8.99. The fraction of sp³-hybridized carbons (Fsp3) is 0.600. The Balaban J connectivity index is 1.81. The third-order valence-electron chi connectivity index (χ3n) is 2.54. The molecule has 88 valence electrons. The molecular weight excluding hydrogens is 293 g/mol. The van der Waals surface area contributed by atoms with Crippen molar-refractivity contribution in [2.24, 2.45) is 0 Å². The van der Waals surface area contributed by atoms with E-state index in [0.717, 1.165) is 17.1 Å². The van der Waals surface area contributed by atoms with Gasteiger partial charge in [-0.2, -0.15) is 4.98 Å². The molecule has 4 nitrogen and oxygen atoms in total. The molecule has 1 fully saturated rings. The standard InChI is InChI=1S/C10H13BrClN3O/c1-15(7-2-3-7)4-5-16-9-8(11)6-13-10(12)14-9/h6-7H,2-5H2,1H3. The van der Waals surface area contributed by atoms with Crippen molar-refractivity contribution in [3.63, 3.8) is 0 Å². The molecule has 0 spiro atoms. The lowest BCUT2D eigenvalue weighted by Gasteiger charge is -2.15. The first-order chi connectivity index (χ1) is 7.66. The van der Waals surface area contributed by atoms with Gasteiger partial charge in [-0.25, -0.2) is 4.98 Å². The van der Waals surface area contributed by atoms with Gasteiger partial charge in [0.25, 0.3) is 0 Å². The summed E-state index contributed by atoms with van der Waals surface area (Å²) in [6, 6.07) is 0.751. The second-order valence-electron chi connectivity index (χ2n) is 3.85. The highest BCUT2D eigenvalue weighted by Gasteiger charge is 2.25. The molecule has 0 atom stereocenters. The van der Waals surface area contributed by atoms with E-state index in [0.29, 0.717) is 12.5 Å². The highest BCUT2D eigenvalue weighted by Crippen LogP contribution is 2.25. The zero-order valence-corrected chi connectivity index (χ0v) is 11.3. The van der Waals surface area contributed by atoms with Gasteiger partial charge in [-0.05, 0) is 47.4 Å². The van der Waals surface area contributed by atoms with Gasteiger partial charge in [0.15, 0.2) is 0 Å². The molecule has 1 aromatic heterocycles. The third-order valence-corrected chi connectivity index (χ3v) is 3.26. The van der Waals surface area contributed by atoms with Crippen LogP contribution < -0.4 is 4.74 Å². The van der Waals surface area contributed by atoms with Crippen LogP contribution in [0.2, 0.25) is 5.28 Å². The summed E-state index contributed by atoms with van der Waals surface area (Å²) in [4.78, 5) is 10.1. The van der Waals surface area contributed by atoms with Crippen molar-refractivity contribution in [1.29, 1.82) is 0 Å². The number of rotatable bonds is 5. The molecule has 0 saturated heterocycles. The second-order valence-corrected chi connectivity index (χ2v) is 5.04. The number of aromatic nitrogens is 2. The van der Waals surface area contributed by atoms with Crippen molar-refractivity contribution in [3.8, 4) is 5.88 Å². The van der Waals surface area contributed by atoms with E-state index in [4.69, 9.17) is 16.3 Å². The predicted octanol–water partition coefficient (Wildman–Crippen LogP) is 2.37. The van der Waals surface area contributed by atoms with E-state index in [1.54, 1.807) is 6.20 Å². The molecule has 16 heavy (non-hydrogen) atoms. The van der Waals surface area contributed by atoms with Gasteiger partial charge >= 0.3 is 0 Å². The van der Waals surface area contributed by atoms with Crippen molar-refractivity contribution in [1.82, 2.24) is 14.9 Å². The van der Waals surface area contributed by atoms with E-state index in [9.17, 15) is 0 Å². The normalized spacial score (nSPS) is 15.5. The molecule has 0 amide bonds. The number of likely N-dealkylation sites (N-methyl/N-ethyl adjacent to an activating group) is 1. The Morgan fingerprint density at radius 1 is 1.62 bits per heavy atom. The summed E-state index contributed by atoms with van der Waals surface area (Å²) in [5.41, 5.74) is 0. The summed E-state index contributed by atoms with van der Waals surface area (Å²) in [7, 11) is 2.11. The quantitative estimate of drug-likeness (QED) is 0.783. The van der Waals surface area contributed by atoms with Crippen LogP contribution in [0.5, 0.6) is 5.88 Å². The topological polar surface area (TPSA) is 38.2 Å². The molecule has 0 unspecified atom stereocenters. The Hall–Kier alpha value is -0.390. The van der Waals surface area contributed by atoms with E-state index >= 15 is 0 Å². The Morgan fingerprint density at radius 2 is 2.38 bits per heavy atom. The molecular formula is C10H13BrClN3O. The first-order valence-corrected chi connectivity index (χ1v) is 6.35. The van der Waals surface area contributed by atoms with Gasteiger partial charge < -0.3 is 9.64 Å². The Labute approximate surface area is 108 Å². The summed E-state index contributed by atoms with van der Waals surface area (Å²) in [5.74, 6) is 0.504. The van der Waals surface area contributed by atoms with Crippen molar-refractivity contribution in [2.75, 3.05) is 20.2 Å².